The molecule has 0 spiro atoms. The molecule has 1 heterocycles. The molecule has 0 aliphatic heterocycles. The van der Waals surface area contributed by atoms with Crippen molar-refractivity contribution in [2.24, 2.45) is 0 Å². The molecule has 0 fully saturated rings. The summed E-state index contributed by atoms with van der Waals surface area (Å²) >= 11 is 1.34. The van der Waals surface area contributed by atoms with E-state index in [1.54, 1.807) is 28.9 Å². The van der Waals surface area contributed by atoms with E-state index in [2.05, 4.69) is 15.5 Å². The molecule has 3 rings (SSSR count). The Morgan fingerprint density at radius 2 is 1.93 bits per heavy atom. The van der Waals surface area contributed by atoms with Crippen LogP contribution in [0.25, 0.3) is 5.69 Å². The van der Waals surface area contributed by atoms with Gasteiger partial charge in [0.25, 0.3) is 0 Å². The summed E-state index contributed by atoms with van der Waals surface area (Å²) in [5.74, 6) is 0.393. The first kappa shape index (κ1) is 20.8. The van der Waals surface area contributed by atoms with Gasteiger partial charge in [-0.1, -0.05) is 36.0 Å². The second-order valence-electron chi connectivity index (χ2n) is 6.41. The molecule has 0 saturated carbocycles. The van der Waals surface area contributed by atoms with E-state index in [9.17, 15) is 9.90 Å². The van der Waals surface area contributed by atoms with Crippen LogP contribution in [-0.4, -0.2) is 56.9 Å². The molecule has 0 aliphatic carbocycles. The Labute approximate surface area is 172 Å². The maximum absolute atomic E-state index is 11.6. The van der Waals surface area contributed by atoms with Crippen molar-refractivity contribution in [1.29, 1.82) is 0 Å². The summed E-state index contributed by atoms with van der Waals surface area (Å²) in [6, 6.07) is 12.6. The van der Waals surface area contributed by atoms with Gasteiger partial charge in [0.05, 0.1) is 24.5 Å². The lowest BCUT2D eigenvalue weighted by Gasteiger charge is -2.13. The van der Waals surface area contributed by atoms with Crippen molar-refractivity contribution >= 4 is 17.7 Å². The number of thioether (sulfide) groups is 1. The predicted molar refractivity (Wildman–Crippen MR) is 109 cm³/mol. The highest BCUT2D eigenvalue weighted by Crippen LogP contribution is 2.24. The number of hydrogen-bond acceptors (Lipinski definition) is 8. The van der Waals surface area contributed by atoms with Crippen molar-refractivity contribution in [3.05, 3.63) is 59.2 Å². The molecule has 29 heavy (non-hydrogen) atoms. The van der Waals surface area contributed by atoms with E-state index in [-0.39, 0.29) is 6.61 Å². The standard InChI is InChI=1S/C20H22N4O4S/c1-13-6-4-7-14(2)18(13)24-20(21-22-23-24)29-12-16(25)11-28-17-9-5-8-15(10-17)19(26)27-3/h4-10,16,25H,11-12H2,1-3H3/t16-/m0/s1. The Morgan fingerprint density at radius 1 is 1.21 bits per heavy atom. The summed E-state index contributed by atoms with van der Waals surface area (Å²) in [6.07, 6.45) is -0.745. The van der Waals surface area contributed by atoms with Crippen LogP contribution in [0.15, 0.2) is 47.6 Å². The molecule has 0 unspecified atom stereocenters. The summed E-state index contributed by atoms with van der Waals surface area (Å²) in [5, 5.41) is 22.8. The van der Waals surface area contributed by atoms with Crippen LogP contribution in [0.2, 0.25) is 0 Å². The van der Waals surface area contributed by atoms with Gasteiger partial charge in [-0.3, -0.25) is 0 Å². The first-order valence-corrected chi connectivity index (χ1v) is 9.95. The molecule has 1 atom stereocenters. The number of ether oxygens (including phenoxy) is 2. The number of methoxy groups -OCH3 is 1. The minimum absolute atomic E-state index is 0.0720. The lowest BCUT2D eigenvalue weighted by Crippen LogP contribution is -2.20. The van der Waals surface area contributed by atoms with Crippen LogP contribution in [0.3, 0.4) is 0 Å². The maximum Gasteiger partial charge on any atom is 0.337 e. The molecule has 0 aliphatic rings. The Bertz CT molecular complexity index is 972. The third-order valence-electron chi connectivity index (χ3n) is 4.19. The van der Waals surface area contributed by atoms with Crippen molar-refractivity contribution in [2.45, 2.75) is 25.1 Å². The molecule has 8 nitrogen and oxygen atoms in total. The number of carbonyl (C=O) groups is 1. The number of para-hydroxylation sites is 1. The van der Waals surface area contributed by atoms with E-state index in [1.165, 1.54) is 18.9 Å². The number of benzene rings is 2. The molecule has 0 radical (unpaired) electrons. The van der Waals surface area contributed by atoms with Gasteiger partial charge in [0.15, 0.2) is 0 Å². The summed E-state index contributed by atoms with van der Waals surface area (Å²) in [4.78, 5) is 11.6. The fourth-order valence-corrected chi connectivity index (χ4v) is 3.57. The number of carbonyl (C=O) groups excluding carboxylic acids is 1. The average molecular weight is 414 g/mol. The van der Waals surface area contributed by atoms with Gasteiger partial charge < -0.3 is 14.6 Å². The summed E-state index contributed by atoms with van der Waals surface area (Å²) < 4.78 is 12.0. The number of esters is 1. The second-order valence-corrected chi connectivity index (χ2v) is 7.40. The van der Waals surface area contributed by atoms with Crippen LogP contribution in [0.1, 0.15) is 21.5 Å². The van der Waals surface area contributed by atoms with Crippen molar-refractivity contribution in [3.8, 4) is 11.4 Å². The lowest BCUT2D eigenvalue weighted by molar-refractivity contribution is 0.0600. The van der Waals surface area contributed by atoms with Crippen LogP contribution in [0.5, 0.6) is 5.75 Å². The van der Waals surface area contributed by atoms with Gasteiger partial charge in [-0.25, -0.2) is 4.79 Å². The van der Waals surface area contributed by atoms with Gasteiger partial charge >= 0.3 is 5.97 Å². The minimum Gasteiger partial charge on any atom is -0.491 e. The van der Waals surface area contributed by atoms with Crippen LogP contribution in [-0.2, 0) is 4.74 Å². The predicted octanol–water partition coefficient (Wildman–Crippen LogP) is 2.60. The minimum atomic E-state index is -0.745. The van der Waals surface area contributed by atoms with Gasteiger partial charge in [0.2, 0.25) is 5.16 Å². The normalized spacial score (nSPS) is 11.9. The molecule has 9 heteroatoms. The number of tetrazole rings is 1. The van der Waals surface area contributed by atoms with E-state index in [0.29, 0.717) is 22.2 Å². The second kappa shape index (κ2) is 9.53. The highest BCUT2D eigenvalue weighted by molar-refractivity contribution is 7.99. The van der Waals surface area contributed by atoms with E-state index in [1.807, 2.05) is 32.0 Å². The number of aromatic nitrogens is 4. The van der Waals surface area contributed by atoms with E-state index >= 15 is 0 Å². The van der Waals surface area contributed by atoms with Crippen LogP contribution >= 0.6 is 11.8 Å². The monoisotopic (exact) mass is 414 g/mol. The molecular formula is C20H22N4O4S. The number of aryl methyl sites for hydroxylation is 2. The van der Waals surface area contributed by atoms with Crippen LogP contribution in [0.4, 0.5) is 0 Å². The van der Waals surface area contributed by atoms with Crippen LogP contribution < -0.4 is 4.74 Å². The quantitative estimate of drug-likeness (QED) is 0.444. The fourth-order valence-electron chi connectivity index (χ4n) is 2.79. The van der Waals surface area contributed by atoms with E-state index in [4.69, 9.17) is 9.47 Å². The van der Waals surface area contributed by atoms with Gasteiger partial charge in [-0.2, -0.15) is 4.68 Å². The highest BCUT2D eigenvalue weighted by Gasteiger charge is 2.16. The summed E-state index contributed by atoms with van der Waals surface area (Å²) in [6.45, 7) is 4.08. The molecule has 3 aromatic rings. The molecular weight excluding hydrogens is 392 g/mol. The Morgan fingerprint density at radius 3 is 2.66 bits per heavy atom. The van der Waals surface area contributed by atoms with Gasteiger partial charge in [-0.15, -0.1) is 5.10 Å². The first-order valence-electron chi connectivity index (χ1n) is 8.96. The van der Waals surface area contributed by atoms with Crippen molar-refractivity contribution in [3.63, 3.8) is 0 Å². The zero-order chi connectivity index (χ0) is 20.8. The maximum atomic E-state index is 11.6. The summed E-state index contributed by atoms with van der Waals surface area (Å²) in [7, 11) is 1.32. The van der Waals surface area contributed by atoms with E-state index < -0.39 is 12.1 Å². The van der Waals surface area contributed by atoms with Gasteiger partial charge in [0.1, 0.15) is 12.4 Å². The Hall–Kier alpha value is -2.91. The third kappa shape index (κ3) is 5.12. The molecule has 1 N–H and O–H groups in total. The number of rotatable bonds is 8. The third-order valence-corrected chi connectivity index (χ3v) is 5.26. The molecule has 0 amide bonds. The van der Waals surface area contributed by atoms with Crippen molar-refractivity contribution in [1.82, 2.24) is 20.2 Å². The van der Waals surface area contributed by atoms with Gasteiger partial charge in [0, 0.05) is 5.75 Å². The molecule has 0 saturated heterocycles. The zero-order valence-electron chi connectivity index (χ0n) is 16.4. The van der Waals surface area contributed by atoms with Crippen molar-refractivity contribution < 1.29 is 19.4 Å². The van der Waals surface area contributed by atoms with Crippen molar-refractivity contribution in [2.75, 3.05) is 19.5 Å². The molecule has 152 valence electrons. The number of nitrogens with zero attached hydrogens (tertiary/aromatic N) is 4. The highest BCUT2D eigenvalue weighted by atomic mass is 32.2. The lowest BCUT2D eigenvalue weighted by atomic mass is 10.1. The molecule has 2 aromatic carbocycles. The number of aliphatic hydroxyl groups excluding tert-OH is 1. The van der Waals surface area contributed by atoms with Gasteiger partial charge in [-0.05, 0) is 53.6 Å². The topological polar surface area (TPSA) is 99.4 Å². The van der Waals surface area contributed by atoms with Crippen LogP contribution in [0, 0.1) is 13.8 Å². The SMILES string of the molecule is COC(=O)c1cccc(OC[C@H](O)CSc2nnnn2-c2c(C)cccc2C)c1. The van der Waals surface area contributed by atoms with E-state index in [0.717, 1.165) is 16.8 Å². The summed E-state index contributed by atoms with van der Waals surface area (Å²) in [5.41, 5.74) is 3.45. The number of aliphatic hydroxyl groups is 1. The zero-order valence-corrected chi connectivity index (χ0v) is 17.2. The Balaban J connectivity index is 1.59. The average Bonchev–Trinajstić information content (AvgIpc) is 3.18. The Kier molecular flexibility index (Phi) is 6.84. The molecule has 0 bridgehead atoms. The molecule has 1 aromatic heterocycles. The fraction of sp³-hybridized carbons (Fsp3) is 0.300. The number of hydrogen-bond donors (Lipinski definition) is 1. The smallest absolute Gasteiger partial charge is 0.337 e. The first-order chi connectivity index (χ1) is 14.0. The largest absolute Gasteiger partial charge is 0.491 e.